The molecule has 3 aromatic rings. The van der Waals surface area contributed by atoms with E-state index in [1.807, 2.05) is 60.8 Å². The van der Waals surface area contributed by atoms with Gasteiger partial charge in [0.15, 0.2) is 0 Å². The summed E-state index contributed by atoms with van der Waals surface area (Å²) < 4.78 is 5.21. The van der Waals surface area contributed by atoms with E-state index in [4.69, 9.17) is 4.74 Å². The van der Waals surface area contributed by atoms with Crippen LogP contribution in [0.15, 0.2) is 67.1 Å². The van der Waals surface area contributed by atoms with E-state index in [0.29, 0.717) is 5.69 Å². The fraction of sp³-hybridized carbons (Fsp3) is 0.111. The molecule has 0 saturated carbocycles. The second-order valence-electron chi connectivity index (χ2n) is 5.14. The van der Waals surface area contributed by atoms with Crippen LogP contribution in [0.5, 0.6) is 0 Å². The van der Waals surface area contributed by atoms with Crippen molar-refractivity contribution in [2.45, 2.75) is 13.0 Å². The molecule has 0 aliphatic rings. The van der Waals surface area contributed by atoms with E-state index in [2.05, 4.69) is 15.3 Å². The van der Waals surface area contributed by atoms with Crippen molar-refractivity contribution < 1.29 is 9.53 Å². The molecular formula is C18H17N3O2. The van der Waals surface area contributed by atoms with Crippen molar-refractivity contribution in [2.24, 2.45) is 0 Å². The minimum absolute atomic E-state index is 0.239. The predicted octanol–water partition coefficient (Wildman–Crippen LogP) is 3.75. The van der Waals surface area contributed by atoms with Gasteiger partial charge in [-0.3, -0.25) is 5.32 Å². The normalized spacial score (nSPS) is 10.3. The van der Waals surface area contributed by atoms with E-state index in [0.717, 1.165) is 17.7 Å². The summed E-state index contributed by atoms with van der Waals surface area (Å²) in [6.45, 7) is 0.239. The second-order valence-corrected chi connectivity index (χ2v) is 5.14. The van der Waals surface area contributed by atoms with Gasteiger partial charge in [-0.25, -0.2) is 9.78 Å². The molecule has 1 heterocycles. The van der Waals surface area contributed by atoms with Crippen LogP contribution in [0, 0.1) is 0 Å². The van der Waals surface area contributed by atoms with Crippen LogP contribution in [0.1, 0.15) is 16.8 Å². The first-order chi connectivity index (χ1) is 11.3. The van der Waals surface area contributed by atoms with Gasteiger partial charge >= 0.3 is 6.09 Å². The van der Waals surface area contributed by atoms with E-state index in [9.17, 15) is 4.79 Å². The lowest BCUT2D eigenvalue weighted by Gasteiger charge is -2.07. The maximum atomic E-state index is 11.7. The van der Waals surface area contributed by atoms with Gasteiger partial charge < -0.3 is 9.72 Å². The van der Waals surface area contributed by atoms with E-state index < -0.39 is 6.09 Å². The molecule has 1 amide bonds. The quantitative estimate of drug-likeness (QED) is 0.754. The topological polar surface area (TPSA) is 67.0 Å². The summed E-state index contributed by atoms with van der Waals surface area (Å²) in [5.74, 6) is 0. The number of anilines is 1. The third-order valence-corrected chi connectivity index (χ3v) is 3.36. The number of rotatable bonds is 5. The van der Waals surface area contributed by atoms with Crippen molar-refractivity contribution in [3.63, 3.8) is 0 Å². The average Bonchev–Trinajstić information content (AvgIpc) is 3.08. The smallest absolute Gasteiger partial charge is 0.411 e. The van der Waals surface area contributed by atoms with Gasteiger partial charge in [0.25, 0.3) is 0 Å². The number of nitrogens with one attached hydrogen (secondary N) is 2. The highest BCUT2D eigenvalue weighted by Gasteiger charge is 2.04. The standard InChI is InChI=1S/C18H17N3O2/c22-18(21-16-4-2-1-3-5-16)23-12-15-8-6-14(7-9-15)10-17-11-19-13-20-17/h1-9,11,13H,10,12H2,(H,19,20)(H,21,22). The molecule has 0 atom stereocenters. The summed E-state index contributed by atoms with van der Waals surface area (Å²) in [4.78, 5) is 18.8. The number of hydrogen-bond acceptors (Lipinski definition) is 3. The molecule has 0 aliphatic heterocycles. The maximum Gasteiger partial charge on any atom is 0.411 e. The Morgan fingerprint density at radius 1 is 1.04 bits per heavy atom. The zero-order chi connectivity index (χ0) is 15.9. The highest BCUT2D eigenvalue weighted by Crippen LogP contribution is 2.11. The van der Waals surface area contributed by atoms with Gasteiger partial charge in [0, 0.05) is 24.0 Å². The summed E-state index contributed by atoms with van der Waals surface area (Å²) in [5, 5.41) is 2.68. The van der Waals surface area contributed by atoms with Gasteiger partial charge in [-0.1, -0.05) is 42.5 Å². The number of aromatic nitrogens is 2. The fourth-order valence-corrected chi connectivity index (χ4v) is 2.18. The van der Waals surface area contributed by atoms with Crippen molar-refractivity contribution in [1.82, 2.24) is 9.97 Å². The molecule has 0 fully saturated rings. The molecule has 0 aliphatic carbocycles. The van der Waals surface area contributed by atoms with Gasteiger partial charge in [-0.15, -0.1) is 0 Å². The van der Waals surface area contributed by atoms with Gasteiger partial charge in [-0.05, 0) is 23.3 Å². The Morgan fingerprint density at radius 2 is 1.78 bits per heavy atom. The van der Waals surface area contributed by atoms with E-state index in [1.165, 1.54) is 5.56 Å². The summed E-state index contributed by atoms with van der Waals surface area (Å²) >= 11 is 0. The largest absolute Gasteiger partial charge is 0.444 e. The first-order valence-corrected chi connectivity index (χ1v) is 7.33. The molecule has 23 heavy (non-hydrogen) atoms. The van der Waals surface area contributed by atoms with Gasteiger partial charge in [0.2, 0.25) is 0 Å². The minimum Gasteiger partial charge on any atom is -0.444 e. The Labute approximate surface area is 134 Å². The third-order valence-electron chi connectivity index (χ3n) is 3.36. The van der Waals surface area contributed by atoms with E-state index in [1.54, 1.807) is 6.33 Å². The van der Waals surface area contributed by atoms with Crippen molar-refractivity contribution >= 4 is 11.8 Å². The molecule has 0 bridgehead atoms. The average molecular weight is 307 g/mol. The predicted molar refractivity (Wildman–Crippen MR) is 88.1 cm³/mol. The number of para-hydroxylation sites is 1. The lowest BCUT2D eigenvalue weighted by atomic mass is 10.1. The van der Waals surface area contributed by atoms with Crippen LogP contribution in [0.3, 0.4) is 0 Å². The highest BCUT2D eigenvalue weighted by molar-refractivity contribution is 5.84. The Morgan fingerprint density at radius 3 is 2.48 bits per heavy atom. The molecule has 0 saturated heterocycles. The summed E-state index contributed by atoms with van der Waals surface area (Å²) in [6, 6.07) is 17.2. The van der Waals surface area contributed by atoms with Crippen LogP contribution in [-0.4, -0.2) is 16.1 Å². The fourth-order valence-electron chi connectivity index (χ4n) is 2.18. The van der Waals surface area contributed by atoms with Crippen molar-refractivity contribution in [2.75, 3.05) is 5.32 Å². The first-order valence-electron chi connectivity index (χ1n) is 7.33. The molecule has 0 spiro atoms. The van der Waals surface area contributed by atoms with Gasteiger partial charge in [-0.2, -0.15) is 0 Å². The Kier molecular flexibility index (Phi) is 4.69. The van der Waals surface area contributed by atoms with E-state index >= 15 is 0 Å². The lowest BCUT2D eigenvalue weighted by Crippen LogP contribution is -2.13. The van der Waals surface area contributed by atoms with Crippen LogP contribution < -0.4 is 5.32 Å². The molecule has 1 aromatic heterocycles. The Bertz CT molecular complexity index is 738. The molecule has 0 radical (unpaired) electrons. The number of benzene rings is 2. The number of carbonyl (C=O) groups is 1. The van der Waals surface area contributed by atoms with Gasteiger partial charge in [0.1, 0.15) is 6.61 Å². The van der Waals surface area contributed by atoms with Crippen LogP contribution in [-0.2, 0) is 17.8 Å². The zero-order valence-corrected chi connectivity index (χ0v) is 12.5. The highest BCUT2D eigenvalue weighted by atomic mass is 16.5. The van der Waals surface area contributed by atoms with Gasteiger partial charge in [0.05, 0.1) is 6.33 Å². The molecule has 116 valence electrons. The number of carbonyl (C=O) groups excluding carboxylic acids is 1. The zero-order valence-electron chi connectivity index (χ0n) is 12.5. The molecule has 5 heteroatoms. The minimum atomic E-state index is -0.460. The number of amides is 1. The van der Waals surface area contributed by atoms with Crippen LogP contribution in [0.25, 0.3) is 0 Å². The number of H-pyrrole nitrogens is 1. The third kappa shape index (κ3) is 4.44. The van der Waals surface area contributed by atoms with Crippen LogP contribution in [0.2, 0.25) is 0 Å². The molecule has 5 nitrogen and oxygen atoms in total. The maximum absolute atomic E-state index is 11.7. The van der Waals surface area contributed by atoms with Crippen molar-refractivity contribution in [3.05, 3.63) is 83.9 Å². The van der Waals surface area contributed by atoms with Crippen molar-refractivity contribution in [3.8, 4) is 0 Å². The number of nitrogens with zero attached hydrogens (tertiary/aromatic N) is 1. The monoisotopic (exact) mass is 307 g/mol. The van der Waals surface area contributed by atoms with Crippen LogP contribution in [0.4, 0.5) is 10.5 Å². The molecular weight excluding hydrogens is 290 g/mol. The van der Waals surface area contributed by atoms with Crippen LogP contribution >= 0.6 is 0 Å². The Hall–Kier alpha value is -3.08. The lowest BCUT2D eigenvalue weighted by molar-refractivity contribution is 0.155. The summed E-state index contributed by atoms with van der Waals surface area (Å²) in [5.41, 5.74) is 3.90. The molecule has 2 aromatic carbocycles. The Balaban J connectivity index is 1.49. The number of hydrogen-bond donors (Lipinski definition) is 2. The molecule has 3 rings (SSSR count). The SMILES string of the molecule is O=C(Nc1ccccc1)OCc1ccc(Cc2cnc[nH]2)cc1. The molecule has 2 N–H and O–H groups in total. The number of imidazole rings is 1. The number of aromatic amines is 1. The summed E-state index contributed by atoms with van der Waals surface area (Å²) in [6.07, 6.45) is 3.82. The summed E-state index contributed by atoms with van der Waals surface area (Å²) in [7, 11) is 0. The van der Waals surface area contributed by atoms with E-state index in [-0.39, 0.29) is 6.61 Å². The molecule has 0 unspecified atom stereocenters. The second kappa shape index (κ2) is 7.26. The van der Waals surface area contributed by atoms with Crippen molar-refractivity contribution in [1.29, 1.82) is 0 Å². The first kappa shape index (κ1) is 14.8. The number of ether oxygens (including phenoxy) is 1.